The van der Waals surface area contributed by atoms with Gasteiger partial charge in [-0.25, -0.2) is 4.39 Å². The molecular formula is C13H17F. The Morgan fingerprint density at radius 3 is 2.57 bits per heavy atom. The van der Waals surface area contributed by atoms with Crippen LogP contribution >= 0.6 is 0 Å². The predicted octanol–water partition coefficient (Wildman–Crippen LogP) is 4.19. The normalized spacial score (nSPS) is 12.3. The van der Waals surface area contributed by atoms with E-state index >= 15 is 0 Å². The van der Waals surface area contributed by atoms with Crippen LogP contribution in [0.3, 0.4) is 0 Å². The zero-order valence-corrected chi connectivity index (χ0v) is 9.26. The predicted molar refractivity (Wildman–Crippen MR) is 59.6 cm³/mol. The number of hydrogen-bond acceptors (Lipinski definition) is 0. The Bertz CT molecular complexity index is 348. The zero-order valence-electron chi connectivity index (χ0n) is 9.26. The van der Waals surface area contributed by atoms with Crippen molar-refractivity contribution in [2.45, 2.75) is 27.7 Å². The molecule has 76 valence electrons. The summed E-state index contributed by atoms with van der Waals surface area (Å²) in [4.78, 5) is 0. The molecule has 14 heavy (non-hydrogen) atoms. The lowest BCUT2D eigenvalue weighted by atomic mass is 9.99. The second-order valence-corrected chi connectivity index (χ2v) is 4.05. The van der Waals surface area contributed by atoms with Gasteiger partial charge in [0.25, 0.3) is 0 Å². The van der Waals surface area contributed by atoms with Gasteiger partial charge in [0.2, 0.25) is 0 Å². The molecule has 0 saturated carbocycles. The van der Waals surface area contributed by atoms with E-state index in [2.05, 4.69) is 19.9 Å². The smallest absolute Gasteiger partial charge is 0.123 e. The minimum atomic E-state index is -0.165. The second kappa shape index (κ2) is 4.41. The van der Waals surface area contributed by atoms with Crippen LogP contribution in [0.1, 0.15) is 31.9 Å². The molecule has 0 aliphatic rings. The van der Waals surface area contributed by atoms with Crippen LogP contribution in [-0.2, 0) is 0 Å². The second-order valence-electron chi connectivity index (χ2n) is 4.05. The maximum atomic E-state index is 13.0. The molecule has 0 unspecified atom stereocenters. The van der Waals surface area contributed by atoms with Crippen molar-refractivity contribution in [3.8, 4) is 0 Å². The Morgan fingerprint density at radius 2 is 2.00 bits per heavy atom. The fourth-order valence-electron chi connectivity index (χ4n) is 1.61. The molecule has 0 radical (unpaired) electrons. The first kappa shape index (κ1) is 11.0. The van der Waals surface area contributed by atoms with Crippen molar-refractivity contribution in [1.29, 1.82) is 0 Å². The highest BCUT2D eigenvalue weighted by Gasteiger charge is 2.02. The van der Waals surface area contributed by atoms with Crippen LogP contribution in [0.2, 0.25) is 0 Å². The van der Waals surface area contributed by atoms with E-state index in [9.17, 15) is 4.39 Å². The fraction of sp³-hybridized carbons (Fsp3) is 0.385. The van der Waals surface area contributed by atoms with Crippen molar-refractivity contribution >= 4 is 5.57 Å². The van der Waals surface area contributed by atoms with Gasteiger partial charge in [-0.3, -0.25) is 0 Å². The first-order valence-electron chi connectivity index (χ1n) is 4.95. The molecule has 0 N–H and O–H groups in total. The Hall–Kier alpha value is -1.11. The highest BCUT2D eigenvalue weighted by Crippen LogP contribution is 2.20. The van der Waals surface area contributed by atoms with E-state index in [0.717, 1.165) is 16.7 Å². The van der Waals surface area contributed by atoms with Crippen LogP contribution in [0.4, 0.5) is 4.39 Å². The first-order valence-corrected chi connectivity index (χ1v) is 4.95. The van der Waals surface area contributed by atoms with E-state index in [1.54, 1.807) is 6.07 Å². The molecule has 0 heterocycles. The van der Waals surface area contributed by atoms with Gasteiger partial charge >= 0.3 is 0 Å². The average Bonchev–Trinajstić information content (AvgIpc) is 2.08. The van der Waals surface area contributed by atoms with Crippen LogP contribution in [0.15, 0.2) is 24.3 Å². The summed E-state index contributed by atoms with van der Waals surface area (Å²) < 4.78 is 13.0. The number of halogens is 1. The lowest BCUT2D eigenvalue weighted by Gasteiger charge is -2.07. The molecule has 0 aliphatic heterocycles. The van der Waals surface area contributed by atoms with Crippen molar-refractivity contribution in [1.82, 2.24) is 0 Å². The molecule has 1 aromatic carbocycles. The Balaban J connectivity index is 3.12. The zero-order chi connectivity index (χ0) is 10.7. The summed E-state index contributed by atoms with van der Waals surface area (Å²) in [6.07, 6.45) is 2.15. The van der Waals surface area contributed by atoms with Gasteiger partial charge in [0.15, 0.2) is 0 Å². The molecule has 1 aromatic rings. The van der Waals surface area contributed by atoms with E-state index in [1.165, 1.54) is 6.07 Å². The summed E-state index contributed by atoms with van der Waals surface area (Å²) in [5.41, 5.74) is 3.29. The fourth-order valence-corrected chi connectivity index (χ4v) is 1.61. The Labute approximate surface area is 85.5 Å². The third kappa shape index (κ3) is 2.69. The van der Waals surface area contributed by atoms with Crippen molar-refractivity contribution in [2.75, 3.05) is 0 Å². The maximum Gasteiger partial charge on any atom is 0.123 e. The summed E-state index contributed by atoms with van der Waals surface area (Å²) in [6, 6.07) is 4.92. The van der Waals surface area contributed by atoms with Gasteiger partial charge in [0.1, 0.15) is 5.82 Å². The van der Waals surface area contributed by atoms with Gasteiger partial charge in [0, 0.05) is 0 Å². The molecule has 0 aliphatic carbocycles. The molecule has 0 nitrogen and oxygen atoms in total. The summed E-state index contributed by atoms with van der Waals surface area (Å²) in [5.74, 6) is 0.333. The molecule has 1 rings (SSSR count). The van der Waals surface area contributed by atoms with Crippen LogP contribution in [-0.4, -0.2) is 0 Å². The summed E-state index contributed by atoms with van der Waals surface area (Å²) in [5, 5.41) is 0. The van der Waals surface area contributed by atoms with Gasteiger partial charge in [-0.05, 0) is 48.6 Å². The quantitative estimate of drug-likeness (QED) is 0.659. The van der Waals surface area contributed by atoms with Crippen LogP contribution < -0.4 is 0 Å². The van der Waals surface area contributed by atoms with Crippen LogP contribution in [0.25, 0.3) is 5.57 Å². The number of rotatable bonds is 2. The van der Waals surface area contributed by atoms with Gasteiger partial charge < -0.3 is 0 Å². The van der Waals surface area contributed by atoms with E-state index in [-0.39, 0.29) is 5.82 Å². The van der Waals surface area contributed by atoms with E-state index in [1.807, 2.05) is 19.9 Å². The summed E-state index contributed by atoms with van der Waals surface area (Å²) >= 11 is 0. The third-order valence-electron chi connectivity index (χ3n) is 2.21. The Kier molecular flexibility index (Phi) is 3.45. The van der Waals surface area contributed by atoms with Crippen molar-refractivity contribution < 1.29 is 4.39 Å². The van der Waals surface area contributed by atoms with Gasteiger partial charge in [-0.1, -0.05) is 26.0 Å². The number of allylic oxidation sites excluding steroid dienone is 2. The van der Waals surface area contributed by atoms with E-state index in [4.69, 9.17) is 0 Å². The lowest BCUT2D eigenvalue weighted by Crippen LogP contribution is -1.90. The Morgan fingerprint density at radius 1 is 1.36 bits per heavy atom. The molecule has 0 aromatic heterocycles. The van der Waals surface area contributed by atoms with Gasteiger partial charge in [-0.15, -0.1) is 0 Å². The largest absolute Gasteiger partial charge is 0.207 e. The van der Waals surface area contributed by atoms with Crippen molar-refractivity contribution in [3.05, 3.63) is 41.2 Å². The molecule has 0 atom stereocenters. The minimum absolute atomic E-state index is 0.165. The van der Waals surface area contributed by atoms with Crippen molar-refractivity contribution in [3.63, 3.8) is 0 Å². The van der Waals surface area contributed by atoms with E-state index in [0.29, 0.717) is 5.92 Å². The number of benzene rings is 1. The van der Waals surface area contributed by atoms with Gasteiger partial charge in [-0.2, -0.15) is 0 Å². The van der Waals surface area contributed by atoms with E-state index < -0.39 is 0 Å². The first-order chi connectivity index (χ1) is 6.50. The molecule has 0 bridgehead atoms. The highest BCUT2D eigenvalue weighted by atomic mass is 19.1. The summed E-state index contributed by atoms with van der Waals surface area (Å²) in [7, 11) is 0. The maximum absolute atomic E-state index is 13.0. The minimum Gasteiger partial charge on any atom is -0.207 e. The van der Waals surface area contributed by atoms with Crippen molar-refractivity contribution in [2.24, 2.45) is 5.92 Å². The molecule has 0 spiro atoms. The molecular weight excluding hydrogens is 175 g/mol. The topological polar surface area (TPSA) is 0 Å². The monoisotopic (exact) mass is 192 g/mol. The molecule has 0 saturated heterocycles. The lowest BCUT2D eigenvalue weighted by molar-refractivity contribution is 0.627. The standard InChI is InChI=1S/C13H17F/c1-9(2)7-11(4)13-8-12(14)6-5-10(13)3/h5-9H,1-4H3/b11-7-. The summed E-state index contributed by atoms with van der Waals surface area (Å²) in [6.45, 7) is 8.28. The SMILES string of the molecule is C/C(=C/C(C)C)c1cc(F)ccc1C. The average molecular weight is 192 g/mol. The van der Waals surface area contributed by atoms with Crippen LogP contribution in [0.5, 0.6) is 0 Å². The molecule has 1 heteroatoms. The van der Waals surface area contributed by atoms with Gasteiger partial charge in [0.05, 0.1) is 0 Å². The highest BCUT2D eigenvalue weighted by molar-refractivity contribution is 5.66. The molecule has 0 fully saturated rings. The third-order valence-corrected chi connectivity index (χ3v) is 2.21. The number of hydrogen-bond donors (Lipinski definition) is 0. The molecule has 0 amide bonds. The van der Waals surface area contributed by atoms with Crippen LogP contribution in [0, 0.1) is 18.7 Å². The number of aryl methyl sites for hydroxylation is 1.